The van der Waals surface area contributed by atoms with Crippen LogP contribution in [0.4, 0.5) is 0 Å². The van der Waals surface area contributed by atoms with E-state index >= 15 is 0 Å². The first-order valence-electron chi connectivity index (χ1n) is 7.81. The van der Waals surface area contributed by atoms with E-state index in [9.17, 15) is 10.2 Å². The van der Waals surface area contributed by atoms with Crippen molar-refractivity contribution in [3.63, 3.8) is 0 Å². The molecule has 4 nitrogen and oxygen atoms in total. The van der Waals surface area contributed by atoms with E-state index in [4.69, 9.17) is 5.02 Å². The lowest BCUT2D eigenvalue weighted by Gasteiger charge is -2.68. The molecule has 22 heavy (non-hydrogen) atoms. The topological polar surface area (TPSA) is 69.9 Å². The zero-order valence-electron chi connectivity index (χ0n) is 13.6. The molecule has 0 saturated heterocycles. The number of fused-ring (bicyclic) bond motifs is 2. The molecule has 1 radical (unpaired) electrons. The van der Waals surface area contributed by atoms with Gasteiger partial charge in [-0.2, -0.15) is 0 Å². The van der Waals surface area contributed by atoms with Crippen LogP contribution in [0.3, 0.4) is 0 Å². The molecule has 3 saturated carbocycles. The molecule has 0 amide bonds. The zero-order valence-corrected chi connectivity index (χ0v) is 13.6. The highest BCUT2D eigenvalue weighted by molar-refractivity contribution is 6.15. The van der Waals surface area contributed by atoms with Gasteiger partial charge in [-0.15, -0.1) is 0 Å². The van der Waals surface area contributed by atoms with Crippen LogP contribution in [0.1, 0.15) is 45.6 Å². The minimum absolute atomic E-state index is 0.0885. The Kier molecular flexibility index (Phi) is 5.02. The molecule has 0 aliphatic heterocycles. The lowest BCUT2D eigenvalue weighted by Crippen LogP contribution is -2.74. The molecular formula is C17H26BO4. The summed E-state index contributed by atoms with van der Waals surface area (Å²) in [5, 5.41) is 28.5. The van der Waals surface area contributed by atoms with E-state index in [2.05, 4.69) is 18.5 Å². The van der Waals surface area contributed by atoms with Crippen LogP contribution < -0.4 is 0 Å². The first kappa shape index (κ1) is 17.5. The lowest BCUT2D eigenvalue weighted by atomic mass is 9.41. The van der Waals surface area contributed by atoms with Crippen molar-refractivity contribution in [2.75, 3.05) is 0 Å². The summed E-state index contributed by atoms with van der Waals surface area (Å²) in [5.41, 5.74) is -0.740. The molecule has 1 aromatic rings. The number of aliphatic hydroxyl groups is 2. The van der Waals surface area contributed by atoms with Crippen LogP contribution in [0.25, 0.3) is 0 Å². The molecule has 121 valence electrons. The maximum atomic E-state index is 10.2. The molecular weight excluding hydrogens is 279 g/mol. The van der Waals surface area contributed by atoms with Crippen molar-refractivity contribution in [2.24, 2.45) is 11.3 Å². The van der Waals surface area contributed by atoms with Gasteiger partial charge in [-0.1, -0.05) is 44.2 Å². The van der Waals surface area contributed by atoms with Crippen molar-refractivity contribution in [3.05, 3.63) is 35.9 Å². The molecule has 0 spiro atoms. The van der Waals surface area contributed by atoms with Crippen LogP contribution in [-0.4, -0.2) is 34.1 Å². The van der Waals surface area contributed by atoms with E-state index in [1.165, 1.54) is 0 Å². The van der Waals surface area contributed by atoms with E-state index in [1.54, 1.807) is 6.92 Å². The summed E-state index contributed by atoms with van der Waals surface area (Å²) >= 11 is 0. The third kappa shape index (κ3) is 2.95. The standard InChI is InChI=1S/C10H18O2.C7H8BO2/c1-8(2)7-4-5-9(3,11)10(8,12)6-7;9-8-10-6-7-4-2-1-3-5-7/h7,11-12H,4-6H2,1-3H3;1-5,9H,6H2. The summed E-state index contributed by atoms with van der Waals surface area (Å²) in [7, 11) is 0.701. The Morgan fingerprint density at radius 3 is 2.27 bits per heavy atom. The zero-order chi connectivity index (χ0) is 16.4. The van der Waals surface area contributed by atoms with Crippen molar-refractivity contribution in [1.82, 2.24) is 0 Å². The lowest BCUT2D eigenvalue weighted by molar-refractivity contribution is -0.312. The SMILES string of the molecule is CC1(O)CCC2CC1(O)C2(C)C.O[B]OCc1ccccc1. The monoisotopic (exact) mass is 305 g/mol. The Morgan fingerprint density at radius 2 is 1.82 bits per heavy atom. The summed E-state index contributed by atoms with van der Waals surface area (Å²) in [4.78, 5) is 0. The smallest absolute Gasteiger partial charge is 0.429 e. The molecule has 3 unspecified atom stereocenters. The Bertz CT molecular complexity index is 479. The highest BCUT2D eigenvalue weighted by atomic mass is 16.5. The average Bonchev–Trinajstić information content (AvgIpc) is 2.49. The molecule has 0 heterocycles. The Hall–Kier alpha value is -0.875. The summed E-state index contributed by atoms with van der Waals surface area (Å²) in [6, 6.07) is 9.66. The maximum absolute atomic E-state index is 10.2. The van der Waals surface area contributed by atoms with E-state index in [0.717, 1.165) is 24.8 Å². The third-order valence-electron chi connectivity index (χ3n) is 5.67. The van der Waals surface area contributed by atoms with Gasteiger partial charge in [0.1, 0.15) is 0 Å². The highest BCUT2D eigenvalue weighted by Crippen LogP contribution is 2.65. The van der Waals surface area contributed by atoms with Gasteiger partial charge in [-0.25, -0.2) is 0 Å². The fourth-order valence-electron chi connectivity index (χ4n) is 3.83. The van der Waals surface area contributed by atoms with Crippen LogP contribution in [0.15, 0.2) is 30.3 Å². The first-order chi connectivity index (χ1) is 10.2. The molecule has 3 N–H and O–H groups in total. The van der Waals surface area contributed by atoms with E-state index in [-0.39, 0.29) is 5.41 Å². The van der Waals surface area contributed by atoms with Crippen molar-refractivity contribution >= 4 is 7.69 Å². The molecule has 1 aromatic carbocycles. The fourth-order valence-corrected chi connectivity index (χ4v) is 3.83. The number of benzene rings is 1. The van der Waals surface area contributed by atoms with Crippen LogP contribution in [0.2, 0.25) is 0 Å². The third-order valence-corrected chi connectivity index (χ3v) is 5.67. The average molecular weight is 305 g/mol. The second kappa shape index (κ2) is 6.32. The van der Waals surface area contributed by atoms with E-state index in [0.29, 0.717) is 20.2 Å². The van der Waals surface area contributed by atoms with Crippen LogP contribution in [-0.2, 0) is 11.3 Å². The molecule has 5 heteroatoms. The predicted octanol–water partition coefficient (Wildman–Crippen LogP) is 2.04. The summed E-state index contributed by atoms with van der Waals surface area (Å²) in [5.74, 6) is 0.614. The Balaban J connectivity index is 0.000000164. The van der Waals surface area contributed by atoms with Crippen LogP contribution in [0.5, 0.6) is 0 Å². The molecule has 3 aliphatic carbocycles. The normalized spacial score (nSPS) is 34.9. The minimum atomic E-state index is -0.870. The quantitative estimate of drug-likeness (QED) is 0.748. The second-order valence-electron chi connectivity index (χ2n) is 7.20. The Morgan fingerprint density at radius 1 is 1.18 bits per heavy atom. The van der Waals surface area contributed by atoms with Crippen molar-refractivity contribution in [2.45, 2.75) is 57.8 Å². The van der Waals surface area contributed by atoms with Gasteiger partial charge in [0.05, 0.1) is 17.8 Å². The van der Waals surface area contributed by atoms with Gasteiger partial charge in [0.15, 0.2) is 0 Å². The number of hydrogen-bond acceptors (Lipinski definition) is 4. The molecule has 3 aliphatic rings. The van der Waals surface area contributed by atoms with Crippen LogP contribution >= 0.6 is 0 Å². The van der Waals surface area contributed by atoms with Crippen molar-refractivity contribution in [1.29, 1.82) is 0 Å². The van der Waals surface area contributed by atoms with Gasteiger partial charge < -0.3 is 19.9 Å². The van der Waals surface area contributed by atoms with Crippen LogP contribution in [0, 0.1) is 11.3 Å². The molecule has 2 bridgehead atoms. The summed E-state index contributed by atoms with van der Waals surface area (Å²) < 4.78 is 4.65. The van der Waals surface area contributed by atoms with Gasteiger partial charge in [0.25, 0.3) is 0 Å². The summed E-state index contributed by atoms with van der Waals surface area (Å²) in [6.45, 7) is 6.32. The van der Waals surface area contributed by atoms with Gasteiger partial charge in [-0.05, 0) is 43.1 Å². The minimum Gasteiger partial charge on any atom is -0.429 e. The maximum Gasteiger partial charge on any atom is 0.485 e. The van der Waals surface area contributed by atoms with E-state index in [1.807, 2.05) is 30.3 Å². The van der Waals surface area contributed by atoms with Gasteiger partial charge in [0.2, 0.25) is 0 Å². The first-order valence-corrected chi connectivity index (χ1v) is 7.81. The molecule has 4 rings (SSSR count). The number of rotatable bonds is 3. The molecule has 3 fully saturated rings. The summed E-state index contributed by atoms with van der Waals surface area (Å²) in [6.07, 6.45) is 2.59. The second-order valence-corrected chi connectivity index (χ2v) is 7.20. The fraction of sp³-hybridized carbons (Fsp3) is 0.647. The van der Waals surface area contributed by atoms with E-state index < -0.39 is 11.2 Å². The van der Waals surface area contributed by atoms with Crippen molar-refractivity contribution in [3.8, 4) is 0 Å². The largest absolute Gasteiger partial charge is 0.485 e. The van der Waals surface area contributed by atoms with Gasteiger partial charge in [0, 0.05) is 0 Å². The molecule has 3 atom stereocenters. The predicted molar refractivity (Wildman–Crippen MR) is 85.9 cm³/mol. The molecule has 0 aromatic heterocycles. The van der Waals surface area contributed by atoms with Gasteiger partial charge >= 0.3 is 7.69 Å². The Labute approximate surface area is 133 Å². The highest BCUT2D eigenvalue weighted by Gasteiger charge is 2.69. The van der Waals surface area contributed by atoms with Crippen molar-refractivity contribution < 1.29 is 19.9 Å². The van der Waals surface area contributed by atoms with Gasteiger partial charge in [-0.3, -0.25) is 0 Å². The number of hydrogen-bond donors (Lipinski definition) is 3.